The van der Waals surface area contributed by atoms with Gasteiger partial charge in [-0.3, -0.25) is 0 Å². The molecule has 7 N–H and O–H groups in total. The molecule has 7 heteroatoms. The summed E-state index contributed by atoms with van der Waals surface area (Å²) in [4.78, 5) is 0. The van der Waals surface area contributed by atoms with E-state index in [4.69, 9.17) is 31.4 Å². The summed E-state index contributed by atoms with van der Waals surface area (Å²) in [7, 11) is 0. The molecule has 7 nitrogen and oxygen atoms in total. The van der Waals surface area contributed by atoms with Crippen LogP contribution in [0.3, 0.4) is 0 Å². The second-order valence-electron chi connectivity index (χ2n) is 15.7. The summed E-state index contributed by atoms with van der Waals surface area (Å²) < 4.78 is 18.2. The zero-order chi connectivity index (χ0) is 37.4. The van der Waals surface area contributed by atoms with Crippen molar-refractivity contribution in [2.24, 2.45) is 17.2 Å². The van der Waals surface area contributed by atoms with Crippen LogP contribution in [0.5, 0.6) is 0 Å². The Morgan fingerprint density at radius 1 is 0.471 bits per heavy atom. The highest BCUT2D eigenvalue weighted by atomic mass is 16.5. The quantitative estimate of drug-likeness (QED) is 0.0460. The minimum Gasteiger partial charge on any atom is -0.389 e. The van der Waals surface area contributed by atoms with E-state index in [0.29, 0.717) is 26.2 Å². The molecule has 0 saturated carbocycles. The Labute approximate surface area is 319 Å². The van der Waals surface area contributed by atoms with Gasteiger partial charge in [0.15, 0.2) is 0 Å². The summed E-state index contributed by atoms with van der Waals surface area (Å²) in [6.07, 6.45) is 40.7. The van der Waals surface area contributed by atoms with Gasteiger partial charge in [0.1, 0.15) is 0 Å². The van der Waals surface area contributed by atoms with Gasteiger partial charge < -0.3 is 36.5 Å². The molecule has 0 heterocycles. The molecular formula is C44H93N3O4. The van der Waals surface area contributed by atoms with Crippen LogP contribution in [0.1, 0.15) is 219 Å². The van der Waals surface area contributed by atoms with Crippen LogP contribution in [-0.2, 0) is 14.2 Å². The molecule has 3 unspecified atom stereocenters. The van der Waals surface area contributed by atoms with Gasteiger partial charge in [-0.2, -0.15) is 0 Å². The second-order valence-corrected chi connectivity index (χ2v) is 15.7. The molecule has 3 atom stereocenters. The highest BCUT2D eigenvalue weighted by Crippen LogP contribution is 2.25. The molecular weight excluding hydrogens is 635 g/mol. The molecule has 0 amide bonds. The maximum absolute atomic E-state index is 10.1. The number of hydrogen-bond donors (Lipinski definition) is 4. The Morgan fingerprint density at radius 2 is 0.804 bits per heavy atom. The lowest BCUT2D eigenvalue weighted by Crippen LogP contribution is -2.56. The van der Waals surface area contributed by atoms with Crippen molar-refractivity contribution in [3.63, 3.8) is 0 Å². The topological polar surface area (TPSA) is 126 Å². The first kappa shape index (κ1) is 50.7. The summed E-state index contributed by atoms with van der Waals surface area (Å²) in [5.41, 5.74) is 18.0. The van der Waals surface area contributed by atoms with Gasteiger partial charge in [0.2, 0.25) is 0 Å². The minimum absolute atomic E-state index is 0.150. The molecule has 0 rings (SSSR count). The van der Waals surface area contributed by atoms with Crippen LogP contribution in [0.15, 0.2) is 0 Å². The first-order valence-corrected chi connectivity index (χ1v) is 22.7. The number of ether oxygens (including phenoxy) is 3. The number of aliphatic hydroxyl groups excluding tert-OH is 1. The molecule has 0 aromatic carbocycles. The number of aliphatic hydroxyl groups is 1. The lowest BCUT2D eigenvalue weighted by atomic mass is 9.86. The molecule has 0 bridgehead atoms. The fourth-order valence-corrected chi connectivity index (χ4v) is 7.15. The molecule has 0 radical (unpaired) electrons. The number of unbranched alkanes of at least 4 members (excludes halogenated alkanes) is 26. The Balaban J connectivity index is 3.96. The van der Waals surface area contributed by atoms with Crippen molar-refractivity contribution in [2.75, 3.05) is 46.1 Å². The van der Waals surface area contributed by atoms with Crippen molar-refractivity contribution in [3.05, 3.63) is 0 Å². The molecule has 0 spiro atoms. The van der Waals surface area contributed by atoms with E-state index < -0.39 is 11.7 Å². The number of rotatable bonds is 44. The van der Waals surface area contributed by atoms with Gasteiger partial charge in [-0.1, -0.05) is 181 Å². The zero-order valence-electron chi connectivity index (χ0n) is 34.6. The highest BCUT2D eigenvalue weighted by Gasteiger charge is 2.36. The largest absolute Gasteiger partial charge is 0.389 e. The van der Waals surface area contributed by atoms with Gasteiger partial charge in [-0.05, 0) is 38.5 Å². The van der Waals surface area contributed by atoms with E-state index in [1.807, 2.05) is 0 Å². The van der Waals surface area contributed by atoms with Crippen molar-refractivity contribution in [1.82, 2.24) is 0 Å². The summed E-state index contributed by atoms with van der Waals surface area (Å²) >= 11 is 0. The molecule has 0 aromatic heterocycles. The van der Waals surface area contributed by atoms with E-state index in [-0.39, 0.29) is 19.2 Å². The SMILES string of the molecule is CCCCCCCCCCCCCCCCOCCCC(N)C(CN)(CCCOCCCCCCCCCCCCCCCC)OCC(O)CN. The third-order valence-corrected chi connectivity index (χ3v) is 10.8. The van der Waals surface area contributed by atoms with Crippen LogP contribution >= 0.6 is 0 Å². The second kappa shape index (κ2) is 40.9. The fourth-order valence-electron chi connectivity index (χ4n) is 7.15. The molecule has 0 saturated heterocycles. The Bertz CT molecular complexity index is 658. The normalized spacial score (nSPS) is 14.2. The maximum atomic E-state index is 10.1. The van der Waals surface area contributed by atoms with Gasteiger partial charge in [0, 0.05) is 45.6 Å². The Morgan fingerprint density at radius 3 is 1.16 bits per heavy atom. The number of nitrogens with two attached hydrogens (primary N) is 3. The molecule has 0 aliphatic carbocycles. The highest BCUT2D eigenvalue weighted by molar-refractivity contribution is 4.93. The van der Waals surface area contributed by atoms with Crippen LogP contribution in [0, 0.1) is 0 Å². The van der Waals surface area contributed by atoms with Gasteiger partial charge in [0.05, 0.1) is 18.3 Å². The average molecular weight is 728 g/mol. The molecule has 51 heavy (non-hydrogen) atoms. The predicted molar refractivity (Wildman–Crippen MR) is 222 cm³/mol. The van der Waals surface area contributed by atoms with E-state index in [1.54, 1.807) is 0 Å². The molecule has 308 valence electrons. The van der Waals surface area contributed by atoms with Crippen LogP contribution in [-0.4, -0.2) is 69.0 Å². The summed E-state index contributed by atoms with van der Waals surface area (Å²) in [5.74, 6) is 0. The molecule has 0 fully saturated rings. The van der Waals surface area contributed by atoms with Gasteiger partial charge in [-0.15, -0.1) is 0 Å². The smallest absolute Gasteiger partial charge is 0.0956 e. The van der Waals surface area contributed by atoms with Crippen LogP contribution < -0.4 is 17.2 Å². The van der Waals surface area contributed by atoms with Gasteiger partial charge in [0.25, 0.3) is 0 Å². The van der Waals surface area contributed by atoms with Crippen molar-refractivity contribution in [3.8, 4) is 0 Å². The molecule has 0 aromatic rings. The van der Waals surface area contributed by atoms with E-state index >= 15 is 0 Å². The molecule has 0 aliphatic heterocycles. The lowest BCUT2D eigenvalue weighted by molar-refractivity contribution is -0.0961. The lowest BCUT2D eigenvalue weighted by Gasteiger charge is -2.39. The monoisotopic (exact) mass is 728 g/mol. The third kappa shape index (κ3) is 34.0. The zero-order valence-corrected chi connectivity index (χ0v) is 34.6. The Hall–Kier alpha value is -0.280. The van der Waals surface area contributed by atoms with Crippen molar-refractivity contribution < 1.29 is 19.3 Å². The third-order valence-electron chi connectivity index (χ3n) is 10.8. The Kier molecular flexibility index (Phi) is 40.7. The first-order chi connectivity index (χ1) is 25.1. The van der Waals surface area contributed by atoms with E-state index in [0.717, 1.165) is 45.3 Å². The first-order valence-electron chi connectivity index (χ1n) is 22.7. The predicted octanol–water partition coefficient (Wildman–Crippen LogP) is 10.9. The van der Waals surface area contributed by atoms with E-state index in [2.05, 4.69) is 13.8 Å². The number of hydrogen-bond acceptors (Lipinski definition) is 7. The van der Waals surface area contributed by atoms with Gasteiger partial charge in [-0.25, -0.2) is 0 Å². The minimum atomic E-state index is -0.715. The fraction of sp³-hybridized carbons (Fsp3) is 1.00. The van der Waals surface area contributed by atoms with Crippen LogP contribution in [0.25, 0.3) is 0 Å². The van der Waals surface area contributed by atoms with Crippen LogP contribution in [0.4, 0.5) is 0 Å². The van der Waals surface area contributed by atoms with Crippen molar-refractivity contribution >= 4 is 0 Å². The van der Waals surface area contributed by atoms with Crippen LogP contribution in [0.2, 0.25) is 0 Å². The molecule has 0 aliphatic rings. The van der Waals surface area contributed by atoms with Crippen molar-refractivity contribution in [1.29, 1.82) is 0 Å². The van der Waals surface area contributed by atoms with E-state index in [9.17, 15) is 5.11 Å². The average Bonchev–Trinajstić information content (AvgIpc) is 3.14. The summed E-state index contributed by atoms with van der Waals surface area (Å²) in [6, 6.07) is -0.233. The standard InChI is InChI=1S/C44H93N3O4/c1-3-5-7-9-11-13-15-17-19-21-23-25-27-29-35-49-37-31-33-43(47)44(41-46,51-40-42(48)39-45)34-32-38-50-36-30-28-26-24-22-20-18-16-14-12-10-8-6-4-2/h42-43,48H,3-41,45-47H2,1-2H3. The van der Waals surface area contributed by atoms with Gasteiger partial charge >= 0.3 is 0 Å². The summed E-state index contributed by atoms with van der Waals surface area (Å²) in [5, 5.41) is 10.1. The maximum Gasteiger partial charge on any atom is 0.0956 e. The van der Waals surface area contributed by atoms with E-state index in [1.165, 1.54) is 167 Å². The van der Waals surface area contributed by atoms with Crippen molar-refractivity contribution in [2.45, 2.75) is 237 Å². The summed E-state index contributed by atoms with van der Waals surface area (Å²) in [6.45, 7) is 8.21.